The Labute approximate surface area is 130 Å². The number of anilines is 2. The van der Waals surface area contributed by atoms with E-state index in [2.05, 4.69) is 35.8 Å². The van der Waals surface area contributed by atoms with Crippen LogP contribution in [0.25, 0.3) is 0 Å². The average Bonchev–Trinajstić information content (AvgIpc) is 2.38. The standard InChI is InChI=1S/C16H17ClN2S/c1-10-7-8-11(2)14(9-10)18-16(20)19-15-12(3)5-4-6-13(15)17/h4-9H,1-3H3,(H2,18,19,20). The number of aryl methyl sites for hydroxylation is 3. The molecular weight excluding hydrogens is 288 g/mol. The first-order chi connectivity index (χ1) is 9.47. The van der Waals surface area contributed by atoms with Crippen LogP contribution in [-0.4, -0.2) is 5.11 Å². The first-order valence-corrected chi connectivity index (χ1v) is 7.16. The van der Waals surface area contributed by atoms with Gasteiger partial charge in [-0.1, -0.05) is 35.9 Å². The van der Waals surface area contributed by atoms with Crippen molar-refractivity contribution in [1.29, 1.82) is 0 Å². The van der Waals surface area contributed by atoms with E-state index in [1.807, 2.05) is 32.0 Å². The highest BCUT2D eigenvalue weighted by atomic mass is 35.5. The number of halogens is 1. The lowest BCUT2D eigenvalue weighted by Gasteiger charge is -2.15. The fourth-order valence-electron chi connectivity index (χ4n) is 1.93. The summed E-state index contributed by atoms with van der Waals surface area (Å²) in [5.41, 5.74) is 5.25. The Kier molecular flexibility index (Phi) is 4.63. The van der Waals surface area contributed by atoms with Crippen molar-refractivity contribution in [2.75, 3.05) is 10.6 Å². The maximum Gasteiger partial charge on any atom is 0.175 e. The van der Waals surface area contributed by atoms with Gasteiger partial charge in [0.2, 0.25) is 0 Å². The normalized spacial score (nSPS) is 10.2. The zero-order valence-corrected chi connectivity index (χ0v) is 13.3. The topological polar surface area (TPSA) is 24.1 Å². The third-order valence-corrected chi connectivity index (χ3v) is 3.62. The third kappa shape index (κ3) is 3.50. The number of benzene rings is 2. The van der Waals surface area contributed by atoms with Gasteiger partial charge in [-0.2, -0.15) is 0 Å². The van der Waals surface area contributed by atoms with Gasteiger partial charge >= 0.3 is 0 Å². The van der Waals surface area contributed by atoms with Crippen molar-refractivity contribution in [3.05, 3.63) is 58.1 Å². The second-order valence-electron chi connectivity index (χ2n) is 4.83. The molecule has 0 bridgehead atoms. The largest absolute Gasteiger partial charge is 0.332 e. The van der Waals surface area contributed by atoms with E-state index in [0.29, 0.717) is 10.1 Å². The molecule has 0 atom stereocenters. The van der Waals surface area contributed by atoms with E-state index in [4.69, 9.17) is 23.8 Å². The van der Waals surface area contributed by atoms with Gasteiger partial charge in [0.1, 0.15) is 0 Å². The molecule has 2 aromatic carbocycles. The van der Waals surface area contributed by atoms with Crippen molar-refractivity contribution < 1.29 is 0 Å². The summed E-state index contributed by atoms with van der Waals surface area (Å²) in [7, 11) is 0. The molecule has 0 saturated heterocycles. The van der Waals surface area contributed by atoms with E-state index >= 15 is 0 Å². The number of hydrogen-bond donors (Lipinski definition) is 2. The summed E-state index contributed by atoms with van der Waals surface area (Å²) < 4.78 is 0. The van der Waals surface area contributed by atoms with Crippen molar-refractivity contribution in [2.24, 2.45) is 0 Å². The monoisotopic (exact) mass is 304 g/mol. The van der Waals surface area contributed by atoms with Crippen LogP contribution in [0.15, 0.2) is 36.4 Å². The molecule has 0 amide bonds. The molecule has 104 valence electrons. The van der Waals surface area contributed by atoms with Gasteiger partial charge in [-0.3, -0.25) is 0 Å². The Morgan fingerprint density at radius 3 is 2.45 bits per heavy atom. The van der Waals surface area contributed by atoms with Crippen molar-refractivity contribution in [2.45, 2.75) is 20.8 Å². The molecule has 2 N–H and O–H groups in total. The molecule has 0 aliphatic carbocycles. The third-order valence-electron chi connectivity index (χ3n) is 3.10. The van der Waals surface area contributed by atoms with E-state index in [1.54, 1.807) is 0 Å². The molecule has 0 saturated carbocycles. The fourth-order valence-corrected chi connectivity index (χ4v) is 2.41. The molecule has 0 aliphatic heterocycles. The number of hydrogen-bond acceptors (Lipinski definition) is 1. The Hall–Kier alpha value is -1.58. The summed E-state index contributed by atoms with van der Waals surface area (Å²) >= 11 is 11.5. The number of rotatable bonds is 2. The van der Waals surface area contributed by atoms with Crippen molar-refractivity contribution in [3.63, 3.8) is 0 Å². The quantitative estimate of drug-likeness (QED) is 0.757. The lowest BCUT2D eigenvalue weighted by molar-refractivity contribution is 1.39. The summed E-state index contributed by atoms with van der Waals surface area (Å²) in [5.74, 6) is 0. The van der Waals surface area contributed by atoms with Gasteiger partial charge in [-0.15, -0.1) is 0 Å². The summed E-state index contributed by atoms with van der Waals surface area (Å²) in [6.07, 6.45) is 0. The highest BCUT2D eigenvalue weighted by molar-refractivity contribution is 7.80. The minimum absolute atomic E-state index is 0.537. The van der Waals surface area contributed by atoms with Crippen LogP contribution < -0.4 is 10.6 Å². The van der Waals surface area contributed by atoms with Gasteiger partial charge in [0, 0.05) is 5.69 Å². The molecule has 4 heteroatoms. The minimum atomic E-state index is 0.537. The van der Waals surface area contributed by atoms with Crippen LogP contribution in [0.5, 0.6) is 0 Å². The lowest BCUT2D eigenvalue weighted by Crippen LogP contribution is -2.20. The van der Waals surface area contributed by atoms with Crippen LogP contribution in [0.3, 0.4) is 0 Å². The first kappa shape index (κ1) is 14.8. The van der Waals surface area contributed by atoms with Crippen molar-refractivity contribution in [3.8, 4) is 0 Å². The molecule has 0 spiro atoms. The SMILES string of the molecule is Cc1ccc(C)c(NC(=S)Nc2c(C)cccc2Cl)c1. The van der Waals surface area contributed by atoms with Gasteiger partial charge < -0.3 is 10.6 Å². The number of para-hydroxylation sites is 1. The fraction of sp³-hybridized carbons (Fsp3) is 0.188. The molecule has 0 aromatic heterocycles. The molecule has 20 heavy (non-hydrogen) atoms. The predicted molar refractivity (Wildman–Crippen MR) is 91.9 cm³/mol. The molecule has 0 unspecified atom stereocenters. The molecule has 0 radical (unpaired) electrons. The first-order valence-electron chi connectivity index (χ1n) is 6.38. The summed E-state index contributed by atoms with van der Waals surface area (Å²) in [5, 5.41) is 7.58. The molecule has 0 fully saturated rings. The Morgan fingerprint density at radius 2 is 1.75 bits per heavy atom. The highest BCUT2D eigenvalue weighted by Gasteiger charge is 2.07. The zero-order chi connectivity index (χ0) is 14.7. The maximum atomic E-state index is 6.18. The Balaban J connectivity index is 2.15. The van der Waals surface area contributed by atoms with E-state index in [9.17, 15) is 0 Å². The minimum Gasteiger partial charge on any atom is -0.332 e. The molecule has 0 heterocycles. The van der Waals surface area contributed by atoms with Crippen LogP contribution in [0.1, 0.15) is 16.7 Å². The second-order valence-corrected chi connectivity index (χ2v) is 5.64. The smallest absolute Gasteiger partial charge is 0.175 e. The van der Waals surface area contributed by atoms with Gasteiger partial charge in [-0.05, 0) is 61.8 Å². The Morgan fingerprint density at radius 1 is 1.00 bits per heavy atom. The predicted octanol–water partition coefficient (Wildman–Crippen LogP) is 5.07. The molecule has 2 nitrogen and oxygen atoms in total. The van der Waals surface area contributed by atoms with Crippen LogP contribution in [0.2, 0.25) is 5.02 Å². The number of nitrogens with one attached hydrogen (secondary N) is 2. The van der Waals surface area contributed by atoms with Gasteiger partial charge in [0.15, 0.2) is 5.11 Å². The van der Waals surface area contributed by atoms with Crippen LogP contribution in [0.4, 0.5) is 11.4 Å². The summed E-state index contributed by atoms with van der Waals surface area (Å²) in [6.45, 7) is 6.10. The number of thiocarbonyl (C=S) groups is 1. The van der Waals surface area contributed by atoms with Gasteiger partial charge in [0.25, 0.3) is 0 Å². The van der Waals surface area contributed by atoms with Crippen LogP contribution in [-0.2, 0) is 0 Å². The highest BCUT2D eigenvalue weighted by Crippen LogP contribution is 2.25. The lowest BCUT2D eigenvalue weighted by atomic mass is 10.1. The van der Waals surface area contributed by atoms with Gasteiger partial charge in [-0.25, -0.2) is 0 Å². The van der Waals surface area contributed by atoms with Crippen molar-refractivity contribution >= 4 is 40.3 Å². The van der Waals surface area contributed by atoms with E-state index in [0.717, 1.165) is 22.5 Å². The maximum absolute atomic E-state index is 6.18. The van der Waals surface area contributed by atoms with E-state index in [-0.39, 0.29) is 0 Å². The summed E-state index contributed by atoms with van der Waals surface area (Å²) in [4.78, 5) is 0. The second kappa shape index (κ2) is 6.25. The van der Waals surface area contributed by atoms with Crippen molar-refractivity contribution in [1.82, 2.24) is 0 Å². The van der Waals surface area contributed by atoms with E-state index < -0.39 is 0 Å². The average molecular weight is 305 g/mol. The van der Waals surface area contributed by atoms with Gasteiger partial charge in [0.05, 0.1) is 10.7 Å². The molecule has 2 aromatic rings. The van der Waals surface area contributed by atoms with E-state index in [1.165, 1.54) is 5.56 Å². The Bertz CT molecular complexity index is 633. The zero-order valence-electron chi connectivity index (χ0n) is 11.8. The van der Waals surface area contributed by atoms with Crippen LogP contribution >= 0.6 is 23.8 Å². The summed E-state index contributed by atoms with van der Waals surface area (Å²) in [6, 6.07) is 12.0. The molecule has 0 aliphatic rings. The molecule has 2 rings (SSSR count). The molecular formula is C16H17ClN2S. The van der Waals surface area contributed by atoms with Crippen LogP contribution in [0, 0.1) is 20.8 Å².